The van der Waals surface area contributed by atoms with Gasteiger partial charge >= 0.3 is 0 Å². The first-order valence-electron chi connectivity index (χ1n) is 14.7. The molecule has 1 saturated heterocycles. The highest BCUT2D eigenvalue weighted by Gasteiger charge is 2.60. The van der Waals surface area contributed by atoms with Gasteiger partial charge in [-0.05, 0) is 111 Å². The Bertz CT molecular complexity index is 980. The molecule has 5 rings (SSSR count). The molecule has 0 aromatic heterocycles. The van der Waals surface area contributed by atoms with Crippen LogP contribution in [0.1, 0.15) is 104 Å². The molecule has 0 aromatic carbocycles. The number of hydrogen-bond donors (Lipinski definition) is 0. The van der Waals surface area contributed by atoms with Crippen molar-refractivity contribution in [1.29, 1.82) is 0 Å². The minimum Gasteiger partial charge on any atom is -0.748 e. The van der Waals surface area contributed by atoms with E-state index in [1.54, 1.807) is 4.90 Å². The highest BCUT2D eigenvalue weighted by atomic mass is 32.2. The smallest absolute Gasteiger partial charge is 0.222 e. The highest BCUT2D eigenvalue weighted by Crippen LogP contribution is 2.68. The number of fused-ring (bicyclic) bond motifs is 5. The normalized spacial score (nSPS) is 43.9. The van der Waals surface area contributed by atoms with E-state index in [1.165, 1.54) is 38.5 Å². The first-order valence-corrected chi connectivity index (χ1v) is 16.1. The van der Waals surface area contributed by atoms with Crippen LogP contribution in [0.5, 0.6) is 0 Å². The van der Waals surface area contributed by atoms with Crippen molar-refractivity contribution in [3.05, 3.63) is 0 Å². The number of hydrogen-bond acceptors (Lipinski definition) is 5. The van der Waals surface area contributed by atoms with Gasteiger partial charge in [0.25, 0.3) is 0 Å². The van der Waals surface area contributed by atoms with Crippen LogP contribution in [0, 0.1) is 46.3 Å². The summed E-state index contributed by atoms with van der Waals surface area (Å²) in [5, 5.41) is -0.948. The number of carbonyl (C=O) groups excluding carboxylic acids is 2. The SMILES string of the molecule is C[C@H](CCC(=O)N1CCC[C@H](S(=O)(=O)[O-])C1)[C@H]1CC[C@H]2[C@@H]3CC[C@@H]4CC(=O)CC[C@]4(C)[C@H]3CC[C@]12C. The molecule has 36 heavy (non-hydrogen) atoms. The van der Waals surface area contributed by atoms with Gasteiger partial charge in [-0.25, -0.2) is 8.42 Å². The largest absolute Gasteiger partial charge is 0.748 e. The zero-order chi connectivity index (χ0) is 25.9. The second-order valence-electron chi connectivity index (χ2n) is 13.7. The Labute approximate surface area is 218 Å². The van der Waals surface area contributed by atoms with Crippen molar-refractivity contribution < 1.29 is 22.6 Å². The van der Waals surface area contributed by atoms with E-state index in [0.29, 0.717) is 60.2 Å². The van der Waals surface area contributed by atoms with Gasteiger partial charge in [-0.2, -0.15) is 0 Å². The molecule has 5 aliphatic rings. The molecule has 4 saturated carbocycles. The van der Waals surface area contributed by atoms with Gasteiger partial charge in [-0.3, -0.25) is 9.59 Å². The van der Waals surface area contributed by atoms with Crippen molar-refractivity contribution in [3.8, 4) is 0 Å². The van der Waals surface area contributed by atoms with Gasteiger partial charge < -0.3 is 9.45 Å². The Morgan fingerprint density at radius 1 is 1.06 bits per heavy atom. The third-order valence-corrected chi connectivity index (χ3v) is 13.4. The summed E-state index contributed by atoms with van der Waals surface area (Å²) in [6.07, 6.45) is 12.6. The number of rotatable bonds is 5. The third kappa shape index (κ3) is 4.58. The number of Topliss-reactive ketones (excluding diaryl/α,β-unsaturated/α-hetero) is 1. The van der Waals surface area contributed by atoms with Crippen molar-refractivity contribution >= 4 is 21.8 Å². The number of piperidine rings is 1. The van der Waals surface area contributed by atoms with Crippen LogP contribution in [-0.2, 0) is 19.7 Å². The zero-order valence-corrected chi connectivity index (χ0v) is 23.4. The lowest BCUT2D eigenvalue weighted by Gasteiger charge is -2.60. The Hall–Kier alpha value is -0.950. The molecule has 0 radical (unpaired) electrons. The van der Waals surface area contributed by atoms with Crippen LogP contribution in [0.25, 0.3) is 0 Å². The summed E-state index contributed by atoms with van der Waals surface area (Å²) in [4.78, 5) is 26.7. The molecule has 0 N–H and O–H groups in total. The van der Waals surface area contributed by atoms with Gasteiger partial charge in [0.15, 0.2) is 0 Å². The average Bonchev–Trinajstić information content (AvgIpc) is 3.19. The molecular formula is C29H46NO5S-. The molecule has 9 atom stereocenters. The van der Waals surface area contributed by atoms with Crippen LogP contribution < -0.4 is 0 Å². The van der Waals surface area contributed by atoms with Crippen LogP contribution in [-0.4, -0.2) is 47.9 Å². The summed E-state index contributed by atoms with van der Waals surface area (Å²) >= 11 is 0. The summed E-state index contributed by atoms with van der Waals surface area (Å²) < 4.78 is 34.4. The minimum atomic E-state index is -4.34. The molecule has 0 spiro atoms. The molecule has 5 fully saturated rings. The van der Waals surface area contributed by atoms with Gasteiger partial charge in [-0.15, -0.1) is 0 Å². The van der Waals surface area contributed by atoms with Crippen LogP contribution in [0.2, 0.25) is 0 Å². The fourth-order valence-electron chi connectivity index (χ4n) is 10.1. The minimum absolute atomic E-state index is 0.0108. The standard InChI is InChI=1S/C29H47NO5S/c1-19(6-11-27(32)30-16-4-5-22(18-30)36(33,34)35)24-9-10-25-23-8-7-20-17-21(31)12-14-28(20,2)26(23)13-15-29(24,25)3/h19-20,22-26H,4-18H2,1-3H3,(H,33,34,35)/p-1/t19-,20-,22+,23+,24-,25+,26+,28+,29-/m1/s1. The van der Waals surface area contributed by atoms with E-state index >= 15 is 0 Å². The fraction of sp³-hybridized carbons (Fsp3) is 0.931. The van der Waals surface area contributed by atoms with Gasteiger partial charge in [-0.1, -0.05) is 20.8 Å². The molecule has 0 unspecified atom stereocenters. The predicted molar refractivity (Wildman–Crippen MR) is 138 cm³/mol. The van der Waals surface area contributed by atoms with Gasteiger partial charge in [0, 0.05) is 32.4 Å². The molecular weight excluding hydrogens is 474 g/mol. The number of amides is 1. The van der Waals surface area contributed by atoms with E-state index in [1.807, 2.05) is 0 Å². The average molecular weight is 521 g/mol. The lowest BCUT2D eigenvalue weighted by Crippen LogP contribution is -2.53. The fourth-order valence-corrected chi connectivity index (χ4v) is 10.9. The second-order valence-corrected chi connectivity index (χ2v) is 15.4. The molecule has 7 heteroatoms. The Balaban J connectivity index is 1.21. The molecule has 6 nitrogen and oxygen atoms in total. The monoisotopic (exact) mass is 520 g/mol. The van der Waals surface area contributed by atoms with Gasteiger partial charge in [0.2, 0.25) is 5.91 Å². The molecule has 1 amide bonds. The Morgan fingerprint density at radius 3 is 2.56 bits per heavy atom. The van der Waals surface area contributed by atoms with Crippen LogP contribution in [0.4, 0.5) is 0 Å². The van der Waals surface area contributed by atoms with Crippen molar-refractivity contribution in [2.45, 2.75) is 109 Å². The van der Waals surface area contributed by atoms with Crippen molar-refractivity contribution in [2.24, 2.45) is 46.3 Å². The third-order valence-electron chi connectivity index (χ3n) is 12.2. The van der Waals surface area contributed by atoms with Crippen molar-refractivity contribution in [3.63, 3.8) is 0 Å². The van der Waals surface area contributed by atoms with Gasteiger partial charge in [0.1, 0.15) is 5.78 Å². The molecule has 0 aromatic rings. The Kier molecular flexibility index (Phi) is 7.15. The highest BCUT2D eigenvalue weighted by molar-refractivity contribution is 7.86. The number of carbonyl (C=O) groups is 2. The summed E-state index contributed by atoms with van der Waals surface area (Å²) in [6, 6.07) is 0. The van der Waals surface area contributed by atoms with E-state index in [4.69, 9.17) is 0 Å². The van der Waals surface area contributed by atoms with E-state index < -0.39 is 15.4 Å². The number of ketones is 1. The van der Waals surface area contributed by atoms with E-state index in [-0.39, 0.29) is 12.5 Å². The zero-order valence-electron chi connectivity index (χ0n) is 22.5. The van der Waals surface area contributed by atoms with Crippen molar-refractivity contribution in [2.75, 3.05) is 13.1 Å². The summed E-state index contributed by atoms with van der Waals surface area (Å²) in [5.74, 6) is 4.50. The molecule has 204 valence electrons. The first-order chi connectivity index (χ1) is 16.9. The van der Waals surface area contributed by atoms with E-state index in [2.05, 4.69) is 20.8 Å². The lowest BCUT2D eigenvalue weighted by atomic mass is 9.44. The maximum atomic E-state index is 12.9. The maximum Gasteiger partial charge on any atom is 0.222 e. The molecule has 4 aliphatic carbocycles. The van der Waals surface area contributed by atoms with Gasteiger partial charge in [0.05, 0.1) is 15.4 Å². The summed E-state index contributed by atoms with van der Waals surface area (Å²) in [7, 11) is -4.34. The topological polar surface area (TPSA) is 94.6 Å². The quantitative estimate of drug-likeness (QED) is 0.466. The number of likely N-dealkylation sites (tertiary alicyclic amines) is 1. The van der Waals surface area contributed by atoms with E-state index in [0.717, 1.165) is 43.4 Å². The van der Waals surface area contributed by atoms with Crippen LogP contribution in [0.3, 0.4) is 0 Å². The van der Waals surface area contributed by atoms with E-state index in [9.17, 15) is 22.6 Å². The van der Waals surface area contributed by atoms with Crippen molar-refractivity contribution in [1.82, 2.24) is 4.90 Å². The Morgan fingerprint density at radius 2 is 1.81 bits per heavy atom. The van der Waals surface area contributed by atoms with Crippen LogP contribution in [0.15, 0.2) is 0 Å². The molecule has 1 heterocycles. The predicted octanol–water partition coefficient (Wildman–Crippen LogP) is 5.17. The second kappa shape index (κ2) is 9.66. The number of nitrogens with zero attached hydrogens (tertiary/aromatic N) is 1. The summed E-state index contributed by atoms with van der Waals surface area (Å²) in [5.41, 5.74) is 0.683. The maximum absolute atomic E-state index is 12.9. The lowest BCUT2D eigenvalue weighted by molar-refractivity contribution is -0.140. The first kappa shape index (κ1) is 26.6. The van der Waals surface area contributed by atoms with Crippen LogP contribution >= 0.6 is 0 Å². The summed E-state index contributed by atoms with van der Waals surface area (Å²) in [6.45, 7) is 8.00. The molecule has 1 aliphatic heterocycles. The molecule has 0 bridgehead atoms.